The summed E-state index contributed by atoms with van der Waals surface area (Å²) in [6.07, 6.45) is -3.63. The lowest BCUT2D eigenvalue weighted by molar-refractivity contribution is -0.141. The van der Waals surface area contributed by atoms with E-state index in [0.29, 0.717) is 0 Å². The van der Waals surface area contributed by atoms with Gasteiger partial charge >= 0.3 is 6.18 Å². The zero-order valence-corrected chi connectivity index (χ0v) is 9.72. The molecule has 4 nitrogen and oxygen atoms in total. The van der Waals surface area contributed by atoms with Crippen molar-refractivity contribution in [3.05, 3.63) is 17.5 Å². The summed E-state index contributed by atoms with van der Waals surface area (Å²) in [5, 5.41) is 17.7. The summed E-state index contributed by atoms with van der Waals surface area (Å²) < 4.78 is 37.8. The van der Waals surface area contributed by atoms with Gasteiger partial charge in [0.25, 0.3) is 0 Å². The van der Waals surface area contributed by atoms with Gasteiger partial charge in [-0.2, -0.15) is 18.3 Å². The van der Waals surface area contributed by atoms with Crippen molar-refractivity contribution in [3.8, 4) is 0 Å². The molecule has 1 aromatic heterocycles. The van der Waals surface area contributed by atoms with Crippen LogP contribution < -0.4 is 0 Å². The summed E-state index contributed by atoms with van der Waals surface area (Å²) in [6, 6.07) is 0.859. The van der Waals surface area contributed by atoms with Gasteiger partial charge in [0.15, 0.2) is 5.69 Å². The molecule has 0 saturated carbocycles. The Bertz CT molecular complexity index is 423. The number of aromatic nitrogens is 2. The molecule has 2 N–H and O–H groups in total. The number of rotatable bonds is 2. The van der Waals surface area contributed by atoms with E-state index in [0.717, 1.165) is 17.0 Å². The monoisotopic (exact) mass is 296 g/mol. The number of alkyl halides is 4. The second-order valence-electron chi connectivity index (χ2n) is 3.03. The molecule has 0 fully saturated rings. The number of hydrogen-bond acceptors (Lipinski definition) is 3. The van der Waals surface area contributed by atoms with E-state index in [4.69, 9.17) is 10.8 Å². The zero-order valence-electron chi connectivity index (χ0n) is 8.14. The lowest BCUT2D eigenvalue weighted by Gasteiger charge is -2.08. The highest BCUT2D eigenvalue weighted by Crippen LogP contribution is 2.28. The molecule has 0 spiro atoms. The van der Waals surface area contributed by atoms with Crippen molar-refractivity contribution in [2.45, 2.75) is 17.9 Å². The topological polar surface area (TPSA) is 65.5 Å². The fourth-order valence-corrected chi connectivity index (χ4v) is 1.25. The fraction of sp³-hybridized carbons (Fsp3) is 0.375. The van der Waals surface area contributed by atoms with Crippen LogP contribution in [-0.4, -0.2) is 26.7 Å². The Labute approximate surface area is 97.6 Å². The van der Waals surface area contributed by atoms with Crippen molar-refractivity contribution >= 4 is 28.0 Å². The minimum absolute atomic E-state index is 0.198. The van der Waals surface area contributed by atoms with E-state index in [1.807, 2.05) is 0 Å². The second kappa shape index (κ2) is 4.36. The van der Waals surface area contributed by atoms with Crippen LogP contribution in [0.2, 0.25) is 0 Å². The molecular weight excluding hydrogens is 289 g/mol. The van der Waals surface area contributed by atoms with Crippen LogP contribution in [0.1, 0.15) is 11.4 Å². The summed E-state index contributed by atoms with van der Waals surface area (Å²) in [7, 11) is 0. The van der Waals surface area contributed by atoms with Crippen molar-refractivity contribution in [1.82, 2.24) is 9.78 Å². The number of halogens is 4. The molecule has 88 valence electrons. The number of nitrogens with one attached hydrogen (secondary N) is 2. The highest BCUT2D eigenvalue weighted by atomic mass is 79.9. The lowest BCUT2D eigenvalue weighted by atomic mass is 10.3. The maximum absolute atomic E-state index is 12.3. The first-order valence-electron chi connectivity index (χ1n) is 4.14. The van der Waals surface area contributed by atoms with Gasteiger partial charge in [-0.15, -0.1) is 0 Å². The van der Waals surface area contributed by atoms with Crippen LogP contribution in [0.15, 0.2) is 6.07 Å². The minimum atomic E-state index is -4.53. The van der Waals surface area contributed by atoms with Gasteiger partial charge in [-0.05, 0) is 13.0 Å². The normalized spacial score (nSPS) is 13.6. The second-order valence-corrected chi connectivity index (χ2v) is 4.02. The molecule has 1 heterocycles. The van der Waals surface area contributed by atoms with Crippen LogP contribution in [0, 0.1) is 17.7 Å². The van der Waals surface area contributed by atoms with Crippen LogP contribution in [-0.2, 0) is 6.18 Å². The van der Waals surface area contributed by atoms with E-state index >= 15 is 0 Å². The van der Waals surface area contributed by atoms with Gasteiger partial charge in [-0.25, -0.2) is 4.68 Å². The minimum Gasteiger partial charge on any atom is -0.311 e. The Morgan fingerprint density at radius 3 is 2.56 bits per heavy atom. The summed E-state index contributed by atoms with van der Waals surface area (Å²) in [4.78, 5) is -0.757. The first kappa shape index (κ1) is 12.9. The quantitative estimate of drug-likeness (QED) is 0.491. The van der Waals surface area contributed by atoms with Gasteiger partial charge in [-0.1, -0.05) is 15.9 Å². The molecule has 1 aromatic rings. The van der Waals surface area contributed by atoms with Crippen molar-refractivity contribution in [3.63, 3.8) is 0 Å². The van der Waals surface area contributed by atoms with Gasteiger partial charge in [0.2, 0.25) is 0 Å². The first-order valence-corrected chi connectivity index (χ1v) is 5.06. The molecule has 0 radical (unpaired) electrons. The molecule has 1 rings (SSSR count). The summed E-state index contributed by atoms with van der Waals surface area (Å²) in [6.45, 7) is 1.42. The molecular formula is C8H8BrF3N4. The van der Waals surface area contributed by atoms with Crippen LogP contribution >= 0.6 is 15.9 Å². The predicted molar refractivity (Wildman–Crippen MR) is 56.6 cm³/mol. The lowest BCUT2D eigenvalue weighted by Crippen LogP contribution is -2.25. The molecule has 0 aliphatic carbocycles. The average Bonchev–Trinajstić information content (AvgIpc) is 2.57. The van der Waals surface area contributed by atoms with Crippen molar-refractivity contribution < 1.29 is 13.2 Å². The molecule has 0 aromatic carbocycles. The predicted octanol–water partition coefficient (Wildman–Crippen LogP) is 2.45. The Morgan fingerprint density at radius 2 is 2.19 bits per heavy atom. The van der Waals surface area contributed by atoms with Gasteiger partial charge in [0.1, 0.15) is 10.7 Å². The molecule has 8 heteroatoms. The van der Waals surface area contributed by atoms with Crippen LogP contribution in [0.25, 0.3) is 0 Å². The third kappa shape index (κ3) is 2.49. The summed E-state index contributed by atoms with van der Waals surface area (Å²) >= 11 is 2.96. The molecule has 0 aliphatic heterocycles. The Hall–Kier alpha value is -1.18. The van der Waals surface area contributed by atoms with E-state index in [9.17, 15) is 13.2 Å². The molecule has 1 unspecified atom stereocenters. The Balaban J connectivity index is 3.12. The first-order chi connectivity index (χ1) is 7.27. The molecule has 16 heavy (non-hydrogen) atoms. The maximum atomic E-state index is 12.3. The molecule has 1 atom stereocenters. The van der Waals surface area contributed by atoms with Gasteiger partial charge in [0.05, 0.1) is 0 Å². The Kier molecular flexibility index (Phi) is 3.51. The highest BCUT2D eigenvalue weighted by Gasteiger charge is 2.35. The number of nitrogens with zero attached hydrogens (tertiary/aromatic N) is 2. The maximum Gasteiger partial charge on any atom is 0.435 e. The largest absolute Gasteiger partial charge is 0.435 e. The van der Waals surface area contributed by atoms with Crippen LogP contribution in [0.3, 0.4) is 0 Å². The molecule has 0 aliphatic rings. The van der Waals surface area contributed by atoms with Gasteiger partial charge < -0.3 is 5.41 Å². The van der Waals surface area contributed by atoms with Crippen LogP contribution in [0.5, 0.6) is 0 Å². The van der Waals surface area contributed by atoms with E-state index < -0.39 is 16.7 Å². The SMILES string of the molecule is Cc1cc(C(F)(F)F)nn1C(=N)C(Br)C=N. The highest BCUT2D eigenvalue weighted by molar-refractivity contribution is 9.10. The van der Waals surface area contributed by atoms with Crippen molar-refractivity contribution in [2.24, 2.45) is 0 Å². The average molecular weight is 297 g/mol. The molecule has 0 saturated heterocycles. The number of aryl methyl sites for hydroxylation is 1. The van der Waals surface area contributed by atoms with Gasteiger partial charge in [0, 0.05) is 11.9 Å². The van der Waals surface area contributed by atoms with Gasteiger partial charge in [-0.3, -0.25) is 5.41 Å². The van der Waals surface area contributed by atoms with Crippen molar-refractivity contribution in [2.75, 3.05) is 0 Å². The molecule has 0 amide bonds. The van der Waals surface area contributed by atoms with E-state index in [1.54, 1.807) is 0 Å². The van der Waals surface area contributed by atoms with E-state index in [2.05, 4.69) is 21.0 Å². The van der Waals surface area contributed by atoms with E-state index in [-0.39, 0.29) is 11.5 Å². The number of hydrogen-bond donors (Lipinski definition) is 2. The molecule has 0 bridgehead atoms. The smallest absolute Gasteiger partial charge is 0.311 e. The van der Waals surface area contributed by atoms with E-state index in [1.165, 1.54) is 6.92 Å². The summed E-state index contributed by atoms with van der Waals surface area (Å²) in [5.41, 5.74) is -0.844. The summed E-state index contributed by atoms with van der Waals surface area (Å²) in [5.74, 6) is -0.233. The Morgan fingerprint density at radius 1 is 1.62 bits per heavy atom. The van der Waals surface area contributed by atoms with Crippen molar-refractivity contribution in [1.29, 1.82) is 10.8 Å². The zero-order chi connectivity index (χ0) is 12.5. The third-order valence-corrected chi connectivity index (χ3v) is 2.51. The fourth-order valence-electron chi connectivity index (χ4n) is 1.05. The van der Waals surface area contributed by atoms with Crippen LogP contribution in [0.4, 0.5) is 13.2 Å². The third-order valence-electron chi connectivity index (χ3n) is 1.81. The standard InChI is InChI=1S/C8H8BrF3N4/c1-4-2-6(8(10,11)12)15-16(4)7(14)5(9)3-13/h2-3,5,13-14H,1H3.